The molecule has 0 unspecified atom stereocenters. The summed E-state index contributed by atoms with van der Waals surface area (Å²) >= 11 is 0. The first kappa shape index (κ1) is 21.3. The van der Waals surface area contributed by atoms with Crippen molar-refractivity contribution >= 4 is 0 Å². The Balaban J connectivity index is 1.35. The maximum atomic E-state index is 6.03. The minimum atomic E-state index is 0.189. The average molecular weight is 425 g/mol. The molecule has 0 spiro atoms. The first-order chi connectivity index (χ1) is 15.1. The highest BCUT2D eigenvalue weighted by Crippen LogP contribution is 2.27. The molecule has 0 saturated carbocycles. The number of hydrogen-bond donors (Lipinski definition) is 2. The van der Waals surface area contributed by atoms with Gasteiger partial charge in [-0.25, -0.2) is 0 Å². The molecular weight excluding hydrogens is 392 g/mol. The minimum absolute atomic E-state index is 0.189. The Labute approximate surface area is 183 Å². The fraction of sp³-hybridized carbons (Fsp3) is 0.417. The van der Waals surface area contributed by atoms with Gasteiger partial charge in [-0.15, -0.1) is 10.2 Å². The highest BCUT2D eigenvalue weighted by molar-refractivity contribution is 5.53. The van der Waals surface area contributed by atoms with E-state index in [1.807, 2.05) is 18.2 Å². The summed E-state index contributed by atoms with van der Waals surface area (Å²) in [6.07, 6.45) is 0. The molecule has 1 aliphatic rings. The number of aryl methyl sites for hydroxylation is 1. The summed E-state index contributed by atoms with van der Waals surface area (Å²) in [6.45, 7) is 9.59. The SMILES string of the molecule is COc1ccc(C[NH+]2CC[NH+]([C@H](C)c3nnc(-c4cccc(C)c4)o3)CC2)cc1OC. The Kier molecular flexibility index (Phi) is 6.53. The summed E-state index contributed by atoms with van der Waals surface area (Å²) in [7, 11) is 3.35. The molecule has 2 aromatic carbocycles. The van der Waals surface area contributed by atoms with Crippen LogP contribution in [0.4, 0.5) is 0 Å². The van der Waals surface area contributed by atoms with Crippen LogP contribution >= 0.6 is 0 Å². The molecule has 1 aliphatic heterocycles. The molecule has 31 heavy (non-hydrogen) atoms. The Morgan fingerprint density at radius 3 is 2.45 bits per heavy atom. The van der Waals surface area contributed by atoms with Gasteiger partial charge in [0.2, 0.25) is 5.89 Å². The second-order valence-electron chi connectivity index (χ2n) is 8.31. The first-order valence-electron chi connectivity index (χ1n) is 10.9. The number of ether oxygens (including phenoxy) is 2. The summed E-state index contributed by atoms with van der Waals surface area (Å²) in [5.74, 6) is 2.88. The number of hydrogen-bond acceptors (Lipinski definition) is 5. The van der Waals surface area contributed by atoms with Gasteiger partial charge in [-0.3, -0.25) is 0 Å². The van der Waals surface area contributed by atoms with Crippen LogP contribution in [0.15, 0.2) is 46.9 Å². The number of nitrogens with one attached hydrogen (secondary N) is 2. The average Bonchev–Trinajstić information content (AvgIpc) is 3.29. The predicted octanol–water partition coefficient (Wildman–Crippen LogP) is 1.11. The van der Waals surface area contributed by atoms with Crippen molar-refractivity contribution < 1.29 is 23.7 Å². The molecule has 1 aromatic heterocycles. The number of quaternary nitrogens is 2. The van der Waals surface area contributed by atoms with Crippen LogP contribution in [0.25, 0.3) is 11.5 Å². The van der Waals surface area contributed by atoms with Crippen molar-refractivity contribution in [1.29, 1.82) is 0 Å². The van der Waals surface area contributed by atoms with Gasteiger partial charge in [-0.2, -0.15) is 0 Å². The molecule has 3 aromatic rings. The highest BCUT2D eigenvalue weighted by Gasteiger charge is 2.31. The lowest BCUT2D eigenvalue weighted by atomic mass is 10.1. The number of aromatic nitrogens is 2. The zero-order valence-electron chi connectivity index (χ0n) is 18.8. The van der Waals surface area contributed by atoms with E-state index in [1.54, 1.807) is 19.1 Å². The molecule has 164 valence electrons. The van der Waals surface area contributed by atoms with E-state index in [-0.39, 0.29) is 6.04 Å². The predicted molar refractivity (Wildman–Crippen MR) is 118 cm³/mol. The van der Waals surface area contributed by atoms with E-state index in [9.17, 15) is 0 Å². The Morgan fingerprint density at radius 2 is 1.74 bits per heavy atom. The topological polar surface area (TPSA) is 66.3 Å². The quantitative estimate of drug-likeness (QED) is 0.595. The highest BCUT2D eigenvalue weighted by atomic mass is 16.5. The Morgan fingerprint density at radius 1 is 0.968 bits per heavy atom. The second-order valence-corrected chi connectivity index (χ2v) is 8.31. The molecule has 1 saturated heterocycles. The van der Waals surface area contributed by atoms with Crippen molar-refractivity contribution in [2.24, 2.45) is 0 Å². The van der Waals surface area contributed by atoms with E-state index in [0.29, 0.717) is 5.89 Å². The third-order valence-corrected chi connectivity index (χ3v) is 6.19. The van der Waals surface area contributed by atoms with Crippen LogP contribution < -0.4 is 19.3 Å². The van der Waals surface area contributed by atoms with Crippen molar-refractivity contribution in [1.82, 2.24) is 10.2 Å². The number of benzene rings is 2. The van der Waals surface area contributed by atoms with Gasteiger partial charge in [0.15, 0.2) is 17.5 Å². The van der Waals surface area contributed by atoms with E-state index >= 15 is 0 Å². The standard InChI is InChI=1S/C24H30N4O3/c1-17-6-5-7-20(14-17)24-26-25-23(31-24)18(2)28-12-10-27(11-13-28)16-19-8-9-21(29-3)22(15-19)30-4/h5-9,14-15,18H,10-13,16H2,1-4H3/p+2/t18-/m1/s1. The molecular formula is C24H32N4O3+2. The molecule has 4 rings (SSSR count). The summed E-state index contributed by atoms with van der Waals surface area (Å²) in [5.41, 5.74) is 3.43. The van der Waals surface area contributed by atoms with E-state index < -0.39 is 0 Å². The van der Waals surface area contributed by atoms with Crippen LogP contribution in [0, 0.1) is 6.92 Å². The maximum Gasteiger partial charge on any atom is 0.274 e. The molecule has 0 amide bonds. The van der Waals surface area contributed by atoms with E-state index in [4.69, 9.17) is 13.9 Å². The van der Waals surface area contributed by atoms with Crippen LogP contribution in [-0.4, -0.2) is 50.6 Å². The number of nitrogens with zero attached hydrogens (tertiary/aromatic N) is 2. The monoisotopic (exact) mass is 424 g/mol. The van der Waals surface area contributed by atoms with Crippen LogP contribution in [0.3, 0.4) is 0 Å². The summed E-state index contributed by atoms with van der Waals surface area (Å²) in [4.78, 5) is 3.07. The molecule has 1 atom stereocenters. The minimum Gasteiger partial charge on any atom is -0.493 e. The van der Waals surface area contributed by atoms with E-state index in [1.165, 1.54) is 16.0 Å². The lowest BCUT2D eigenvalue weighted by Gasteiger charge is -2.32. The molecule has 0 radical (unpaired) electrons. The molecule has 0 aliphatic carbocycles. The summed E-state index contributed by atoms with van der Waals surface area (Å²) in [6, 6.07) is 14.6. The van der Waals surface area contributed by atoms with Crippen LogP contribution in [0.2, 0.25) is 0 Å². The lowest BCUT2D eigenvalue weighted by molar-refractivity contribution is -1.03. The molecule has 7 nitrogen and oxygen atoms in total. The van der Waals surface area contributed by atoms with Crippen LogP contribution in [-0.2, 0) is 6.54 Å². The summed E-state index contributed by atoms with van der Waals surface area (Å²) < 4.78 is 16.8. The fourth-order valence-electron chi connectivity index (χ4n) is 4.29. The van der Waals surface area contributed by atoms with Gasteiger partial charge in [0, 0.05) is 11.1 Å². The van der Waals surface area contributed by atoms with Gasteiger partial charge in [-0.05, 0) is 44.2 Å². The summed E-state index contributed by atoms with van der Waals surface area (Å²) in [5, 5.41) is 8.64. The van der Waals surface area contributed by atoms with Gasteiger partial charge in [0.25, 0.3) is 5.89 Å². The number of methoxy groups -OCH3 is 2. The van der Waals surface area contributed by atoms with Gasteiger partial charge < -0.3 is 23.7 Å². The zero-order valence-corrected chi connectivity index (χ0v) is 18.8. The van der Waals surface area contributed by atoms with E-state index in [2.05, 4.69) is 48.3 Å². The molecule has 1 fully saturated rings. The second kappa shape index (κ2) is 9.49. The third-order valence-electron chi connectivity index (χ3n) is 6.19. The molecule has 7 heteroatoms. The van der Waals surface area contributed by atoms with Gasteiger partial charge >= 0.3 is 0 Å². The third kappa shape index (κ3) is 4.89. The van der Waals surface area contributed by atoms with Gasteiger partial charge in [-0.1, -0.05) is 17.7 Å². The zero-order chi connectivity index (χ0) is 21.8. The van der Waals surface area contributed by atoms with E-state index in [0.717, 1.165) is 55.7 Å². The molecule has 0 bridgehead atoms. The Bertz CT molecular complexity index is 1010. The van der Waals surface area contributed by atoms with Crippen LogP contribution in [0.5, 0.6) is 11.5 Å². The van der Waals surface area contributed by atoms with Crippen molar-refractivity contribution in [3.05, 3.63) is 59.5 Å². The smallest absolute Gasteiger partial charge is 0.274 e. The van der Waals surface area contributed by atoms with Crippen molar-refractivity contribution in [2.75, 3.05) is 40.4 Å². The maximum absolute atomic E-state index is 6.03. The lowest BCUT2D eigenvalue weighted by Crippen LogP contribution is -3.27. The van der Waals surface area contributed by atoms with Crippen LogP contribution in [0.1, 0.15) is 30.0 Å². The Hall–Kier alpha value is -2.90. The number of rotatable bonds is 7. The molecule has 2 N–H and O–H groups in total. The first-order valence-corrected chi connectivity index (χ1v) is 10.9. The van der Waals surface area contributed by atoms with Crippen molar-refractivity contribution in [3.8, 4) is 23.0 Å². The fourth-order valence-corrected chi connectivity index (χ4v) is 4.29. The normalized spacial score (nSPS) is 19.7. The van der Waals surface area contributed by atoms with Gasteiger partial charge in [0.1, 0.15) is 32.7 Å². The number of piperazine rings is 1. The van der Waals surface area contributed by atoms with Crippen molar-refractivity contribution in [2.45, 2.75) is 26.4 Å². The molecule has 2 heterocycles. The largest absolute Gasteiger partial charge is 0.493 e. The van der Waals surface area contributed by atoms with Crippen molar-refractivity contribution in [3.63, 3.8) is 0 Å². The van der Waals surface area contributed by atoms with Gasteiger partial charge in [0.05, 0.1) is 14.2 Å².